The molecule has 17 heavy (non-hydrogen) atoms. The molecule has 1 saturated heterocycles. The molecule has 0 radical (unpaired) electrons. The number of amides is 1. The lowest BCUT2D eigenvalue weighted by Gasteiger charge is -2.38. The fourth-order valence-corrected chi connectivity index (χ4v) is 2.97. The van der Waals surface area contributed by atoms with Crippen LogP contribution in [0.25, 0.3) is 0 Å². The summed E-state index contributed by atoms with van der Waals surface area (Å²) in [7, 11) is 0. The Bertz CT molecular complexity index is 307. The second-order valence-corrected chi connectivity index (χ2v) is 5.73. The molecule has 2 N–H and O–H groups in total. The van der Waals surface area contributed by atoms with Crippen LogP contribution >= 0.6 is 11.8 Å². The maximum atomic E-state index is 12.3. The summed E-state index contributed by atoms with van der Waals surface area (Å²) < 4.78 is 0. The zero-order valence-corrected chi connectivity index (χ0v) is 11.3. The number of thioether (sulfide) groups is 1. The SMILES string of the molecule is CCNC(C)(C)C(=O)N1CCSCC1C(=O)O. The number of rotatable bonds is 4. The Hall–Kier alpha value is -0.750. The van der Waals surface area contributed by atoms with Crippen LogP contribution in [0.15, 0.2) is 0 Å². The van der Waals surface area contributed by atoms with E-state index in [9.17, 15) is 9.59 Å². The number of hydrogen-bond donors (Lipinski definition) is 2. The third kappa shape index (κ3) is 3.35. The lowest BCUT2D eigenvalue weighted by Crippen LogP contribution is -2.60. The van der Waals surface area contributed by atoms with Crippen molar-refractivity contribution in [2.75, 3.05) is 24.6 Å². The summed E-state index contributed by atoms with van der Waals surface area (Å²) in [5, 5.41) is 12.2. The molecule has 0 spiro atoms. The zero-order valence-electron chi connectivity index (χ0n) is 10.5. The second kappa shape index (κ2) is 5.73. The molecule has 1 amide bonds. The molecule has 0 saturated carbocycles. The van der Waals surface area contributed by atoms with E-state index in [1.807, 2.05) is 6.92 Å². The highest BCUT2D eigenvalue weighted by atomic mass is 32.2. The van der Waals surface area contributed by atoms with Gasteiger partial charge < -0.3 is 15.3 Å². The number of carbonyl (C=O) groups is 2. The van der Waals surface area contributed by atoms with Gasteiger partial charge in [0.1, 0.15) is 6.04 Å². The van der Waals surface area contributed by atoms with Gasteiger partial charge in [-0.25, -0.2) is 4.79 Å². The molecule has 1 aliphatic rings. The molecule has 1 aliphatic heterocycles. The van der Waals surface area contributed by atoms with Crippen LogP contribution in [-0.2, 0) is 9.59 Å². The van der Waals surface area contributed by atoms with Crippen molar-refractivity contribution in [2.24, 2.45) is 0 Å². The molecular weight excluding hydrogens is 240 g/mol. The average Bonchev–Trinajstić information content (AvgIpc) is 2.28. The number of carboxylic acids is 1. The van der Waals surface area contributed by atoms with E-state index in [1.165, 1.54) is 4.90 Å². The van der Waals surface area contributed by atoms with E-state index in [4.69, 9.17) is 5.11 Å². The minimum Gasteiger partial charge on any atom is -0.480 e. The first-order chi connectivity index (χ1) is 7.90. The summed E-state index contributed by atoms with van der Waals surface area (Å²) in [5.74, 6) is 0.228. The van der Waals surface area contributed by atoms with Crippen molar-refractivity contribution in [2.45, 2.75) is 32.4 Å². The number of aliphatic carboxylic acids is 1. The van der Waals surface area contributed by atoms with E-state index in [-0.39, 0.29) is 5.91 Å². The highest BCUT2D eigenvalue weighted by Crippen LogP contribution is 2.20. The Morgan fingerprint density at radius 1 is 1.53 bits per heavy atom. The summed E-state index contributed by atoms with van der Waals surface area (Å²) in [5.41, 5.74) is -0.704. The van der Waals surface area contributed by atoms with Gasteiger partial charge in [-0.1, -0.05) is 6.92 Å². The van der Waals surface area contributed by atoms with Gasteiger partial charge in [-0.05, 0) is 20.4 Å². The van der Waals surface area contributed by atoms with Crippen LogP contribution in [0.1, 0.15) is 20.8 Å². The quantitative estimate of drug-likeness (QED) is 0.766. The third-order valence-corrected chi connectivity index (χ3v) is 3.85. The topological polar surface area (TPSA) is 69.6 Å². The Balaban J connectivity index is 2.81. The van der Waals surface area contributed by atoms with Gasteiger partial charge in [-0.3, -0.25) is 4.79 Å². The van der Waals surface area contributed by atoms with Crippen LogP contribution in [0.4, 0.5) is 0 Å². The largest absolute Gasteiger partial charge is 0.480 e. The summed E-state index contributed by atoms with van der Waals surface area (Å²) in [6.07, 6.45) is 0. The van der Waals surface area contributed by atoms with E-state index in [1.54, 1.807) is 25.6 Å². The van der Waals surface area contributed by atoms with E-state index in [0.717, 1.165) is 5.75 Å². The molecule has 1 fully saturated rings. The molecule has 0 aromatic rings. The molecule has 0 aliphatic carbocycles. The van der Waals surface area contributed by atoms with Crippen LogP contribution in [0.5, 0.6) is 0 Å². The van der Waals surface area contributed by atoms with Crippen LogP contribution in [0.3, 0.4) is 0 Å². The molecule has 0 bridgehead atoms. The molecule has 1 heterocycles. The number of hydrogen-bond acceptors (Lipinski definition) is 4. The number of nitrogens with one attached hydrogen (secondary N) is 1. The van der Waals surface area contributed by atoms with Gasteiger partial charge in [0.15, 0.2) is 0 Å². The van der Waals surface area contributed by atoms with Gasteiger partial charge in [-0.2, -0.15) is 11.8 Å². The normalized spacial score (nSPS) is 21.4. The molecular formula is C11H20N2O3S. The van der Waals surface area contributed by atoms with Crippen molar-refractivity contribution in [3.05, 3.63) is 0 Å². The number of nitrogens with zero attached hydrogens (tertiary/aromatic N) is 1. The summed E-state index contributed by atoms with van der Waals surface area (Å²) in [6, 6.07) is -0.695. The lowest BCUT2D eigenvalue weighted by molar-refractivity contribution is -0.151. The Morgan fingerprint density at radius 3 is 2.71 bits per heavy atom. The molecule has 6 heteroatoms. The second-order valence-electron chi connectivity index (χ2n) is 4.58. The fraction of sp³-hybridized carbons (Fsp3) is 0.818. The van der Waals surface area contributed by atoms with Crippen molar-refractivity contribution in [3.63, 3.8) is 0 Å². The molecule has 1 atom stereocenters. The summed E-state index contributed by atoms with van der Waals surface area (Å²) in [4.78, 5) is 24.9. The molecule has 1 unspecified atom stereocenters. The zero-order chi connectivity index (χ0) is 13.1. The smallest absolute Gasteiger partial charge is 0.327 e. The molecule has 5 nitrogen and oxygen atoms in total. The maximum absolute atomic E-state index is 12.3. The maximum Gasteiger partial charge on any atom is 0.327 e. The van der Waals surface area contributed by atoms with Crippen LogP contribution < -0.4 is 5.32 Å². The first kappa shape index (κ1) is 14.3. The Kier molecular flexibility index (Phi) is 4.82. The summed E-state index contributed by atoms with van der Waals surface area (Å²) >= 11 is 1.58. The number of likely N-dealkylation sites (N-methyl/N-ethyl adjacent to an activating group) is 1. The van der Waals surface area contributed by atoms with E-state index in [2.05, 4.69) is 5.32 Å². The van der Waals surface area contributed by atoms with E-state index >= 15 is 0 Å². The third-order valence-electron chi connectivity index (χ3n) is 2.83. The first-order valence-corrected chi connectivity index (χ1v) is 6.92. The van der Waals surface area contributed by atoms with Gasteiger partial charge >= 0.3 is 5.97 Å². The predicted octanol–water partition coefficient (Wildman–Crippen LogP) is 0.403. The standard InChI is InChI=1S/C11H20N2O3S/c1-4-12-11(2,3)10(16)13-5-6-17-7-8(13)9(14)15/h8,12H,4-7H2,1-3H3,(H,14,15). The van der Waals surface area contributed by atoms with E-state index in [0.29, 0.717) is 18.8 Å². The molecule has 98 valence electrons. The highest BCUT2D eigenvalue weighted by Gasteiger charge is 2.38. The number of carboxylic acid groups (broad SMARTS) is 1. The van der Waals surface area contributed by atoms with Gasteiger partial charge in [0.25, 0.3) is 0 Å². The lowest BCUT2D eigenvalue weighted by atomic mass is 10.0. The monoisotopic (exact) mass is 260 g/mol. The highest BCUT2D eigenvalue weighted by molar-refractivity contribution is 7.99. The van der Waals surface area contributed by atoms with Crippen molar-refractivity contribution < 1.29 is 14.7 Å². The van der Waals surface area contributed by atoms with Crippen LogP contribution in [0.2, 0.25) is 0 Å². The molecule has 0 aromatic heterocycles. The summed E-state index contributed by atoms with van der Waals surface area (Å²) in [6.45, 7) is 6.70. The average molecular weight is 260 g/mol. The van der Waals surface area contributed by atoms with Crippen molar-refractivity contribution in [3.8, 4) is 0 Å². The van der Waals surface area contributed by atoms with Gasteiger partial charge in [0.2, 0.25) is 5.91 Å². The first-order valence-electron chi connectivity index (χ1n) is 5.76. The minimum absolute atomic E-state index is 0.132. The minimum atomic E-state index is -0.919. The fourth-order valence-electron chi connectivity index (χ4n) is 1.93. The Labute approximate surface area is 106 Å². The molecule has 1 rings (SSSR count). The van der Waals surface area contributed by atoms with Gasteiger partial charge in [-0.15, -0.1) is 0 Å². The van der Waals surface area contributed by atoms with Gasteiger partial charge in [0, 0.05) is 18.1 Å². The van der Waals surface area contributed by atoms with Crippen molar-refractivity contribution in [1.82, 2.24) is 10.2 Å². The van der Waals surface area contributed by atoms with Crippen LogP contribution in [-0.4, -0.2) is 58.1 Å². The van der Waals surface area contributed by atoms with Crippen LogP contribution in [0, 0.1) is 0 Å². The van der Waals surface area contributed by atoms with Crippen molar-refractivity contribution in [1.29, 1.82) is 0 Å². The van der Waals surface area contributed by atoms with Gasteiger partial charge in [0.05, 0.1) is 5.54 Å². The van der Waals surface area contributed by atoms with Crippen molar-refractivity contribution >= 4 is 23.6 Å². The Morgan fingerprint density at radius 2 is 2.18 bits per heavy atom. The predicted molar refractivity (Wildman–Crippen MR) is 68.2 cm³/mol. The van der Waals surface area contributed by atoms with E-state index < -0.39 is 17.6 Å². The molecule has 0 aromatic carbocycles. The number of carbonyl (C=O) groups excluding carboxylic acids is 1.